The number of allylic oxidation sites excluding steroid dienone is 10. The molecule has 0 aromatic rings. The minimum Gasteiger partial charge on any atom is -0.462 e. The van der Waals surface area contributed by atoms with E-state index in [1.165, 1.54) is 180 Å². The van der Waals surface area contributed by atoms with E-state index in [-0.39, 0.29) is 37.5 Å². The van der Waals surface area contributed by atoms with Crippen molar-refractivity contribution in [3.63, 3.8) is 0 Å². The lowest BCUT2D eigenvalue weighted by Crippen LogP contribution is -2.30. The second-order valence-corrected chi connectivity index (χ2v) is 19.2. The normalized spacial score (nSPS) is 12.5. The van der Waals surface area contributed by atoms with E-state index in [1.54, 1.807) is 0 Å². The summed E-state index contributed by atoms with van der Waals surface area (Å²) >= 11 is 0. The van der Waals surface area contributed by atoms with E-state index < -0.39 is 6.10 Å². The smallest absolute Gasteiger partial charge is 0.306 e. The molecule has 6 nitrogen and oxygen atoms in total. The van der Waals surface area contributed by atoms with Crippen LogP contribution in [0.1, 0.15) is 290 Å². The Morgan fingerprint density at radius 3 is 0.925 bits per heavy atom. The Balaban J connectivity index is 4.40. The minimum atomic E-state index is -0.794. The highest BCUT2D eigenvalue weighted by Crippen LogP contribution is 2.16. The molecule has 0 heterocycles. The summed E-state index contributed by atoms with van der Waals surface area (Å²) in [5, 5.41) is 0. The second-order valence-electron chi connectivity index (χ2n) is 19.2. The quantitative estimate of drug-likeness (QED) is 0.0262. The van der Waals surface area contributed by atoms with Crippen molar-refractivity contribution in [3.8, 4) is 0 Å². The van der Waals surface area contributed by atoms with Crippen molar-refractivity contribution in [3.05, 3.63) is 60.8 Å². The lowest BCUT2D eigenvalue weighted by atomic mass is 10.0. The molecule has 0 unspecified atom stereocenters. The SMILES string of the molecule is CCCCC/C=C\C/C=C\CCCCCCCCCCCC(=O)OC[C@H](COC(=O)CCC/C=C\C/C=C\C/C=C\CCCCCCCC)OC(=O)CCCCCCCCCCCCCCC. The van der Waals surface area contributed by atoms with E-state index in [2.05, 4.69) is 81.5 Å². The molecule has 0 saturated carbocycles. The second kappa shape index (κ2) is 55.7. The summed E-state index contributed by atoms with van der Waals surface area (Å²) in [6, 6.07) is 0. The molecule has 1 atom stereocenters. The van der Waals surface area contributed by atoms with Crippen molar-refractivity contribution >= 4 is 17.9 Å². The maximum Gasteiger partial charge on any atom is 0.306 e. The van der Waals surface area contributed by atoms with Crippen LogP contribution in [0.3, 0.4) is 0 Å². The number of hydrogen-bond donors (Lipinski definition) is 0. The highest BCUT2D eigenvalue weighted by atomic mass is 16.6. The van der Waals surface area contributed by atoms with Gasteiger partial charge in [0.1, 0.15) is 13.2 Å². The number of ether oxygens (including phenoxy) is 3. The number of carbonyl (C=O) groups is 3. The number of unbranched alkanes of at least 4 members (excludes halogenated alkanes) is 31. The van der Waals surface area contributed by atoms with Gasteiger partial charge in [-0.2, -0.15) is 0 Å². The number of hydrogen-bond acceptors (Lipinski definition) is 6. The van der Waals surface area contributed by atoms with Crippen LogP contribution >= 0.6 is 0 Å². The molecule has 6 heteroatoms. The topological polar surface area (TPSA) is 78.9 Å². The molecule has 0 aromatic heterocycles. The average molecular weight is 938 g/mol. The maximum atomic E-state index is 12.8. The van der Waals surface area contributed by atoms with E-state index in [9.17, 15) is 14.4 Å². The van der Waals surface area contributed by atoms with Gasteiger partial charge in [-0.1, -0.05) is 248 Å². The third-order valence-corrected chi connectivity index (χ3v) is 12.5. The van der Waals surface area contributed by atoms with Crippen LogP contribution in [0.2, 0.25) is 0 Å². The zero-order valence-corrected chi connectivity index (χ0v) is 44.4. The van der Waals surface area contributed by atoms with Gasteiger partial charge in [0.25, 0.3) is 0 Å². The lowest BCUT2D eigenvalue weighted by molar-refractivity contribution is -0.167. The molecule has 0 N–H and O–H groups in total. The van der Waals surface area contributed by atoms with Gasteiger partial charge < -0.3 is 14.2 Å². The molecule has 0 spiro atoms. The zero-order chi connectivity index (χ0) is 48.6. The van der Waals surface area contributed by atoms with Gasteiger partial charge in [0.2, 0.25) is 0 Å². The fourth-order valence-corrected chi connectivity index (χ4v) is 8.14. The first kappa shape index (κ1) is 64.1. The maximum absolute atomic E-state index is 12.8. The van der Waals surface area contributed by atoms with Crippen molar-refractivity contribution in [2.45, 2.75) is 297 Å². The fraction of sp³-hybridized carbons (Fsp3) is 0.787. The summed E-state index contributed by atoms with van der Waals surface area (Å²) < 4.78 is 16.8. The zero-order valence-electron chi connectivity index (χ0n) is 44.4. The van der Waals surface area contributed by atoms with Gasteiger partial charge in [-0.05, 0) is 83.5 Å². The molecule has 0 aliphatic carbocycles. The molecule has 0 fully saturated rings. The van der Waals surface area contributed by atoms with Crippen LogP contribution in [0.4, 0.5) is 0 Å². The summed E-state index contributed by atoms with van der Waals surface area (Å²) in [5.41, 5.74) is 0. The Labute approximate surface area is 415 Å². The first-order valence-corrected chi connectivity index (χ1v) is 28.8. The molecule has 388 valence electrons. The van der Waals surface area contributed by atoms with Crippen LogP contribution in [-0.4, -0.2) is 37.2 Å². The Kier molecular flexibility index (Phi) is 53.3. The van der Waals surface area contributed by atoms with Crippen LogP contribution in [0.25, 0.3) is 0 Å². The highest BCUT2D eigenvalue weighted by Gasteiger charge is 2.19. The lowest BCUT2D eigenvalue weighted by Gasteiger charge is -2.18. The summed E-state index contributed by atoms with van der Waals surface area (Å²) in [5.74, 6) is -0.937. The molecule has 0 aromatic carbocycles. The molecular formula is C61H108O6. The summed E-state index contributed by atoms with van der Waals surface area (Å²) in [6.07, 6.45) is 69.3. The highest BCUT2D eigenvalue weighted by molar-refractivity contribution is 5.71. The van der Waals surface area contributed by atoms with Crippen molar-refractivity contribution in [1.29, 1.82) is 0 Å². The van der Waals surface area contributed by atoms with Crippen LogP contribution in [0.15, 0.2) is 60.8 Å². The third kappa shape index (κ3) is 53.9. The van der Waals surface area contributed by atoms with E-state index in [4.69, 9.17) is 14.2 Å². The van der Waals surface area contributed by atoms with Gasteiger partial charge in [0.15, 0.2) is 6.10 Å². The van der Waals surface area contributed by atoms with Crippen LogP contribution in [0, 0.1) is 0 Å². The van der Waals surface area contributed by atoms with Crippen molar-refractivity contribution in [2.75, 3.05) is 13.2 Å². The first-order valence-electron chi connectivity index (χ1n) is 28.8. The number of rotatable bonds is 52. The largest absolute Gasteiger partial charge is 0.462 e. The third-order valence-electron chi connectivity index (χ3n) is 12.5. The molecule has 0 aliphatic heterocycles. The van der Waals surface area contributed by atoms with Gasteiger partial charge in [0, 0.05) is 19.3 Å². The van der Waals surface area contributed by atoms with E-state index in [0.29, 0.717) is 19.3 Å². The van der Waals surface area contributed by atoms with Crippen LogP contribution in [-0.2, 0) is 28.6 Å². The summed E-state index contributed by atoms with van der Waals surface area (Å²) in [6.45, 7) is 6.58. The van der Waals surface area contributed by atoms with Crippen molar-refractivity contribution in [2.24, 2.45) is 0 Å². The van der Waals surface area contributed by atoms with Crippen molar-refractivity contribution < 1.29 is 28.6 Å². The summed E-state index contributed by atoms with van der Waals surface area (Å²) in [7, 11) is 0. The van der Waals surface area contributed by atoms with Crippen molar-refractivity contribution in [1.82, 2.24) is 0 Å². The predicted molar refractivity (Wildman–Crippen MR) is 288 cm³/mol. The van der Waals surface area contributed by atoms with Gasteiger partial charge in [-0.25, -0.2) is 0 Å². The molecule has 67 heavy (non-hydrogen) atoms. The molecule has 0 radical (unpaired) electrons. The monoisotopic (exact) mass is 937 g/mol. The predicted octanol–water partition coefficient (Wildman–Crippen LogP) is 19.2. The first-order chi connectivity index (χ1) is 33.0. The van der Waals surface area contributed by atoms with Gasteiger partial charge >= 0.3 is 17.9 Å². The fourth-order valence-electron chi connectivity index (χ4n) is 8.14. The van der Waals surface area contributed by atoms with E-state index >= 15 is 0 Å². The van der Waals surface area contributed by atoms with Crippen LogP contribution < -0.4 is 0 Å². The molecule has 0 aliphatic rings. The van der Waals surface area contributed by atoms with E-state index in [0.717, 1.165) is 64.2 Å². The molecule has 0 bridgehead atoms. The Morgan fingerprint density at radius 2 is 0.552 bits per heavy atom. The van der Waals surface area contributed by atoms with Gasteiger partial charge in [-0.3, -0.25) is 14.4 Å². The molecule has 0 amide bonds. The number of esters is 3. The van der Waals surface area contributed by atoms with Gasteiger partial charge in [-0.15, -0.1) is 0 Å². The average Bonchev–Trinajstić information content (AvgIpc) is 3.33. The molecule has 0 rings (SSSR count). The van der Waals surface area contributed by atoms with E-state index in [1.807, 2.05) is 0 Å². The Bertz CT molecular complexity index is 1210. The molecular weight excluding hydrogens is 829 g/mol. The minimum absolute atomic E-state index is 0.0897. The standard InChI is InChI=1S/C61H108O6/c1-4-7-10-13-16-19-22-25-27-29-30-32-34-37-39-42-45-48-51-54-60(63)66-57-58(67-61(64)55-52-49-46-43-40-35-24-21-18-15-12-9-6-3)56-65-59(62)53-50-47-44-41-38-36-33-31-28-26-23-20-17-14-11-8-5-2/h16,19,25-28,33,36,41,44,58H,4-15,17-18,20-24,29-32,34-35,37-40,42-43,45-57H2,1-3H3/b19-16-,27-25-,28-26-,36-33-,44-41-/t58-/m0/s1. The Morgan fingerprint density at radius 1 is 0.299 bits per heavy atom. The van der Waals surface area contributed by atoms with Gasteiger partial charge in [0.05, 0.1) is 0 Å². The summed E-state index contributed by atoms with van der Waals surface area (Å²) in [4.78, 5) is 38.1. The number of carbonyl (C=O) groups excluding carboxylic acids is 3. The van der Waals surface area contributed by atoms with Crippen LogP contribution in [0.5, 0.6) is 0 Å². The molecule has 0 saturated heterocycles. The Hall–Kier alpha value is -2.89.